The summed E-state index contributed by atoms with van der Waals surface area (Å²) in [4.78, 5) is 0. The molecule has 2 aliphatic rings. The molecule has 1 aromatic heterocycles. The first-order valence-corrected chi connectivity index (χ1v) is 11.5. The first-order chi connectivity index (χ1) is 14.8. The molecule has 0 bridgehead atoms. The molecule has 1 fully saturated rings. The number of aryl methyl sites for hydroxylation is 3. The number of halogens is 1. The van der Waals surface area contributed by atoms with Crippen LogP contribution < -0.4 is 0 Å². The molecule has 4 heteroatoms. The van der Waals surface area contributed by atoms with Crippen molar-refractivity contribution < 1.29 is 5.11 Å². The number of benzene rings is 2. The first kappa shape index (κ1) is 20.5. The Hall–Kier alpha value is -2.36. The Morgan fingerprint density at radius 1 is 1.10 bits per heavy atom. The molecule has 2 atom stereocenters. The molecular weight excluding hydrogens is 404 g/mol. The molecule has 2 aromatic carbocycles. The Bertz CT molecular complexity index is 1180. The Balaban J connectivity index is 1.43. The minimum atomic E-state index is -0.739. The highest BCUT2D eigenvalue weighted by Crippen LogP contribution is 2.56. The molecule has 5 rings (SSSR count). The van der Waals surface area contributed by atoms with Crippen molar-refractivity contribution in [2.24, 2.45) is 5.41 Å². The minimum absolute atomic E-state index is 0.266. The minimum Gasteiger partial charge on any atom is -0.389 e. The average molecular weight is 433 g/mol. The Morgan fingerprint density at radius 3 is 2.58 bits per heavy atom. The van der Waals surface area contributed by atoms with Crippen LogP contribution in [0.1, 0.15) is 54.1 Å². The van der Waals surface area contributed by atoms with Gasteiger partial charge < -0.3 is 5.11 Å². The summed E-state index contributed by atoms with van der Waals surface area (Å²) < 4.78 is 2.03. The van der Waals surface area contributed by atoms with Crippen molar-refractivity contribution in [1.29, 1.82) is 0 Å². The maximum absolute atomic E-state index is 11.8. The third-order valence-corrected chi connectivity index (χ3v) is 7.93. The van der Waals surface area contributed by atoms with Crippen molar-refractivity contribution >= 4 is 17.7 Å². The van der Waals surface area contributed by atoms with Gasteiger partial charge in [-0.15, -0.1) is 0 Å². The predicted octanol–water partition coefficient (Wildman–Crippen LogP) is 6.25. The highest BCUT2D eigenvalue weighted by Gasteiger charge is 2.54. The second kappa shape index (κ2) is 7.36. The monoisotopic (exact) mass is 432 g/mol. The molecule has 160 valence electrons. The summed E-state index contributed by atoms with van der Waals surface area (Å²) in [7, 11) is 0. The van der Waals surface area contributed by atoms with Crippen molar-refractivity contribution in [3.8, 4) is 5.69 Å². The first-order valence-electron chi connectivity index (χ1n) is 11.1. The molecule has 3 nitrogen and oxygen atoms in total. The summed E-state index contributed by atoms with van der Waals surface area (Å²) >= 11 is 6.47. The van der Waals surface area contributed by atoms with Crippen LogP contribution in [0.2, 0.25) is 5.02 Å². The normalized spacial score (nSPS) is 24.6. The third-order valence-electron chi connectivity index (χ3n) is 7.58. The van der Waals surface area contributed by atoms with E-state index >= 15 is 0 Å². The van der Waals surface area contributed by atoms with Crippen LogP contribution in [0.15, 0.2) is 54.2 Å². The fraction of sp³-hybridized carbons (Fsp3) is 0.370. The lowest BCUT2D eigenvalue weighted by atomic mass is 9.65. The number of fused-ring (bicyclic) bond motifs is 2. The molecule has 0 unspecified atom stereocenters. The number of aliphatic hydroxyl groups is 1. The van der Waals surface area contributed by atoms with Gasteiger partial charge in [0.05, 0.1) is 23.2 Å². The van der Waals surface area contributed by atoms with Crippen molar-refractivity contribution in [1.82, 2.24) is 9.78 Å². The lowest BCUT2D eigenvalue weighted by Crippen LogP contribution is -2.45. The number of nitrogens with zero attached hydrogens (tertiary/aromatic N) is 2. The van der Waals surface area contributed by atoms with Crippen LogP contribution in [-0.4, -0.2) is 20.5 Å². The number of hydrogen-bond donors (Lipinski definition) is 1. The second-order valence-electron chi connectivity index (χ2n) is 9.61. The van der Waals surface area contributed by atoms with E-state index in [1.165, 1.54) is 16.7 Å². The van der Waals surface area contributed by atoms with Gasteiger partial charge in [-0.25, -0.2) is 4.68 Å². The smallest absolute Gasteiger partial charge is 0.0747 e. The van der Waals surface area contributed by atoms with Crippen molar-refractivity contribution in [2.45, 2.75) is 58.5 Å². The fourth-order valence-corrected chi connectivity index (χ4v) is 5.75. The van der Waals surface area contributed by atoms with Crippen LogP contribution in [0.5, 0.6) is 0 Å². The predicted molar refractivity (Wildman–Crippen MR) is 127 cm³/mol. The van der Waals surface area contributed by atoms with E-state index in [-0.39, 0.29) is 5.41 Å². The average Bonchev–Trinajstić information content (AvgIpc) is 3.24. The zero-order valence-corrected chi connectivity index (χ0v) is 19.2. The van der Waals surface area contributed by atoms with Crippen LogP contribution in [0, 0.1) is 19.3 Å². The molecule has 1 N–H and O–H groups in total. The molecule has 0 saturated heterocycles. The number of aromatic nitrogens is 2. The van der Waals surface area contributed by atoms with Crippen molar-refractivity contribution in [3.05, 3.63) is 87.2 Å². The maximum atomic E-state index is 11.8. The van der Waals surface area contributed by atoms with Gasteiger partial charge in [0, 0.05) is 10.4 Å². The van der Waals surface area contributed by atoms with Gasteiger partial charge in [0.1, 0.15) is 0 Å². The quantitative estimate of drug-likeness (QED) is 0.529. The van der Waals surface area contributed by atoms with Gasteiger partial charge in [-0.1, -0.05) is 53.9 Å². The zero-order valence-electron chi connectivity index (χ0n) is 18.5. The van der Waals surface area contributed by atoms with Crippen LogP contribution >= 0.6 is 11.6 Å². The van der Waals surface area contributed by atoms with Gasteiger partial charge in [0.15, 0.2) is 0 Å². The van der Waals surface area contributed by atoms with Gasteiger partial charge in [-0.3, -0.25) is 0 Å². The molecule has 1 saturated carbocycles. The Kier molecular flexibility index (Phi) is 4.87. The van der Waals surface area contributed by atoms with Crippen LogP contribution in [0.3, 0.4) is 0 Å². The van der Waals surface area contributed by atoms with E-state index in [0.717, 1.165) is 53.2 Å². The molecular formula is C27H29ClN2O. The van der Waals surface area contributed by atoms with E-state index in [0.29, 0.717) is 6.42 Å². The molecule has 2 aliphatic carbocycles. The SMILES string of the molecule is Cc1ccc(-n2ncc3c2C=C2CC[C@@](O)(CCc4ccc(C)cc4Cl)[C@@]2(C)C3)cc1. The van der Waals surface area contributed by atoms with Crippen LogP contribution in [-0.2, 0) is 12.8 Å². The summed E-state index contributed by atoms with van der Waals surface area (Å²) in [6.07, 6.45) is 8.29. The third kappa shape index (κ3) is 3.35. The Labute approximate surface area is 189 Å². The molecule has 0 spiro atoms. The van der Waals surface area contributed by atoms with E-state index < -0.39 is 5.60 Å². The van der Waals surface area contributed by atoms with Crippen molar-refractivity contribution in [2.75, 3.05) is 0 Å². The second-order valence-corrected chi connectivity index (χ2v) is 10.0. The lowest BCUT2D eigenvalue weighted by Gasteiger charge is -2.42. The number of rotatable bonds is 4. The standard InChI is InChI=1S/C27H29ClN2O/c1-18-5-8-23(9-6-18)30-25-15-22-11-13-27(31,26(22,3)16-21(25)17-29-30)12-10-20-7-4-19(2)14-24(20)28/h4-9,14-15,17,31H,10-13,16H2,1-3H3/t26-,27-/m0/s1. The largest absolute Gasteiger partial charge is 0.389 e. The topological polar surface area (TPSA) is 38.0 Å². The summed E-state index contributed by atoms with van der Waals surface area (Å²) in [6, 6.07) is 14.7. The van der Waals surface area contributed by atoms with Crippen LogP contribution in [0.25, 0.3) is 11.8 Å². The molecule has 0 aliphatic heterocycles. The summed E-state index contributed by atoms with van der Waals surface area (Å²) in [5, 5.41) is 17.3. The molecule has 0 radical (unpaired) electrons. The maximum Gasteiger partial charge on any atom is 0.0747 e. The number of hydrogen-bond acceptors (Lipinski definition) is 2. The Morgan fingerprint density at radius 2 is 1.84 bits per heavy atom. The van der Waals surface area contributed by atoms with E-state index in [4.69, 9.17) is 16.7 Å². The van der Waals surface area contributed by atoms with Gasteiger partial charge in [-0.2, -0.15) is 5.10 Å². The van der Waals surface area contributed by atoms with Gasteiger partial charge in [0.25, 0.3) is 0 Å². The summed E-state index contributed by atoms with van der Waals surface area (Å²) in [6.45, 7) is 6.38. The van der Waals surface area contributed by atoms with E-state index in [9.17, 15) is 5.11 Å². The van der Waals surface area contributed by atoms with Crippen LogP contribution in [0.4, 0.5) is 0 Å². The van der Waals surface area contributed by atoms with E-state index in [2.05, 4.69) is 63.2 Å². The summed E-state index contributed by atoms with van der Waals surface area (Å²) in [5.41, 5.74) is 7.30. The lowest BCUT2D eigenvalue weighted by molar-refractivity contribution is -0.0461. The fourth-order valence-electron chi connectivity index (χ4n) is 5.42. The molecule has 31 heavy (non-hydrogen) atoms. The summed E-state index contributed by atoms with van der Waals surface area (Å²) in [5.74, 6) is 0. The highest BCUT2D eigenvalue weighted by molar-refractivity contribution is 6.31. The van der Waals surface area contributed by atoms with Crippen molar-refractivity contribution in [3.63, 3.8) is 0 Å². The highest BCUT2D eigenvalue weighted by atomic mass is 35.5. The molecule has 1 heterocycles. The zero-order chi connectivity index (χ0) is 21.8. The molecule has 0 amide bonds. The van der Waals surface area contributed by atoms with E-state index in [1.807, 2.05) is 16.9 Å². The van der Waals surface area contributed by atoms with Gasteiger partial charge in [0.2, 0.25) is 0 Å². The molecule has 3 aromatic rings. The van der Waals surface area contributed by atoms with Gasteiger partial charge in [-0.05, 0) is 86.9 Å². The van der Waals surface area contributed by atoms with E-state index in [1.54, 1.807) is 0 Å². The van der Waals surface area contributed by atoms with Gasteiger partial charge >= 0.3 is 0 Å².